The van der Waals surface area contributed by atoms with Crippen LogP contribution in [-0.2, 0) is 0 Å². The molecule has 0 fully saturated rings. The van der Waals surface area contributed by atoms with Gasteiger partial charge in [-0.25, -0.2) is 4.39 Å². The van der Waals surface area contributed by atoms with Crippen molar-refractivity contribution in [3.8, 4) is 0 Å². The summed E-state index contributed by atoms with van der Waals surface area (Å²) in [5, 5.41) is 21.8. The molecule has 1 aromatic carbocycles. The Labute approximate surface area is 115 Å². The summed E-state index contributed by atoms with van der Waals surface area (Å²) >= 11 is 3.30. The molecular weight excluding hydrogens is 301 g/mol. The van der Waals surface area contributed by atoms with Crippen LogP contribution in [0.2, 0.25) is 0 Å². The second kappa shape index (κ2) is 6.61. The zero-order valence-electron chi connectivity index (χ0n) is 10.6. The minimum Gasteiger partial charge on any atom is -0.394 e. The summed E-state index contributed by atoms with van der Waals surface area (Å²) in [4.78, 5) is 0. The van der Waals surface area contributed by atoms with Crippen molar-refractivity contribution >= 4 is 15.9 Å². The molecule has 0 bridgehead atoms. The Hall–Kier alpha value is -0.490. The minimum atomic E-state index is -0.784. The van der Waals surface area contributed by atoms with Gasteiger partial charge in [-0.05, 0) is 31.5 Å². The molecule has 5 heteroatoms. The zero-order valence-corrected chi connectivity index (χ0v) is 12.2. The summed E-state index contributed by atoms with van der Waals surface area (Å²) in [6.45, 7) is 3.28. The van der Waals surface area contributed by atoms with Gasteiger partial charge in [0.25, 0.3) is 0 Å². The van der Waals surface area contributed by atoms with Crippen LogP contribution in [0.25, 0.3) is 0 Å². The molecule has 1 rings (SSSR count). The van der Waals surface area contributed by atoms with Crippen molar-refractivity contribution in [2.45, 2.75) is 31.8 Å². The van der Waals surface area contributed by atoms with Gasteiger partial charge in [0.2, 0.25) is 0 Å². The lowest BCUT2D eigenvalue weighted by atomic mass is 9.95. The first kappa shape index (κ1) is 15.6. The van der Waals surface area contributed by atoms with Crippen molar-refractivity contribution in [1.82, 2.24) is 5.32 Å². The van der Waals surface area contributed by atoms with Crippen molar-refractivity contribution in [2.75, 3.05) is 13.2 Å². The quantitative estimate of drug-likeness (QED) is 0.754. The van der Waals surface area contributed by atoms with Crippen LogP contribution < -0.4 is 5.32 Å². The number of rotatable bonds is 6. The molecule has 3 nitrogen and oxygen atoms in total. The van der Waals surface area contributed by atoms with E-state index in [4.69, 9.17) is 0 Å². The van der Waals surface area contributed by atoms with Gasteiger partial charge >= 0.3 is 0 Å². The molecule has 0 heterocycles. The van der Waals surface area contributed by atoms with Crippen molar-refractivity contribution in [2.24, 2.45) is 0 Å². The SMILES string of the molecule is CCC(CO)(CO)NC(C)c1cc(Br)ccc1F. The van der Waals surface area contributed by atoms with Crippen LogP contribution in [0.4, 0.5) is 4.39 Å². The van der Waals surface area contributed by atoms with Gasteiger partial charge in [0.1, 0.15) is 5.82 Å². The summed E-state index contributed by atoms with van der Waals surface area (Å²) < 4.78 is 14.5. The third-order valence-corrected chi connectivity index (χ3v) is 3.72. The molecule has 0 saturated heterocycles. The van der Waals surface area contributed by atoms with Gasteiger partial charge in [-0.2, -0.15) is 0 Å². The van der Waals surface area contributed by atoms with Gasteiger partial charge < -0.3 is 15.5 Å². The smallest absolute Gasteiger partial charge is 0.128 e. The number of hydrogen-bond acceptors (Lipinski definition) is 3. The molecule has 0 spiro atoms. The molecule has 1 unspecified atom stereocenters. The largest absolute Gasteiger partial charge is 0.394 e. The van der Waals surface area contributed by atoms with Gasteiger partial charge in [0.05, 0.1) is 18.8 Å². The first-order valence-corrected chi connectivity index (χ1v) is 6.71. The zero-order chi connectivity index (χ0) is 13.8. The number of halogens is 2. The summed E-state index contributed by atoms with van der Waals surface area (Å²) in [5.41, 5.74) is -0.280. The third kappa shape index (κ3) is 3.51. The number of aliphatic hydroxyl groups is 2. The number of nitrogens with one attached hydrogen (secondary N) is 1. The third-order valence-electron chi connectivity index (χ3n) is 3.23. The van der Waals surface area contributed by atoms with E-state index >= 15 is 0 Å². The highest BCUT2D eigenvalue weighted by atomic mass is 79.9. The number of hydrogen-bond donors (Lipinski definition) is 3. The molecule has 0 aliphatic heterocycles. The van der Waals surface area contributed by atoms with E-state index in [1.165, 1.54) is 6.07 Å². The lowest BCUT2D eigenvalue weighted by Crippen LogP contribution is -2.52. The van der Waals surface area contributed by atoms with E-state index < -0.39 is 5.54 Å². The Kier molecular flexibility index (Phi) is 5.72. The van der Waals surface area contributed by atoms with Crippen LogP contribution in [0, 0.1) is 5.82 Å². The lowest BCUT2D eigenvalue weighted by molar-refractivity contribution is 0.0789. The standard InChI is InChI=1S/C13H19BrFNO2/c1-3-13(7-17,8-18)16-9(2)11-6-10(14)4-5-12(11)15/h4-6,9,16-18H,3,7-8H2,1-2H3. The van der Waals surface area contributed by atoms with Gasteiger partial charge in [-0.3, -0.25) is 0 Å². The molecule has 1 aromatic rings. The predicted octanol–water partition coefficient (Wildman–Crippen LogP) is 2.37. The molecule has 0 saturated carbocycles. The predicted molar refractivity (Wildman–Crippen MR) is 72.8 cm³/mol. The summed E-state index contributed by atoms with van der Waals surface area (Å²) in [7, 11) is 0. The molecule has 0 radical (unpaired) electrons. The van der Waals surface area contributed by atoms with Crippen LogP contribution in [0.15, 0.2) is 22.7 Å². The van der Waals surface area contributed by atoms with Crippen LogP contribution in [-0.4, -0.2) is 29.0 Å². The Morgan fingerprint density at radius 1 is 1.39 bits per heavy atom. The van der Waals surface area contributed by atoms with Crippen molar-refractivity contribution < 1.29 is 14.6 Å². The average Bonchev–Trinajstić information content (AvgIpc) is 2.38. The molecule has 18 heavy (non-hydrogen) atoms. The van der Waals surface area contributed by atoms with E-state index in [0.29, 0.717) is 12.0 Å². The van der Waals surface area contributed by atoms with Crippen molar-refractivity contribution in [1.29, 1.82) is 0 Å². The van der Waals surface area contributed by atoms with Gasteiger partial charge in [-0.1, -0.05) is 22.9 Å². The van der Waals surface area contributed by atoms with E-state index in [0.717, 1.165) is 4.47 Å². The monoisotopic (exact) mass is 319 g/mol. The van der Waals surface area contributed by atoms with Gasteiger partial charge in [0, 0.05) is 16.1 Å². The molecule has 0 aromatic heterocycles. The van der Waals surface area contributed by atoms with E-state index in [1.807, 2.05) is 6.92 Å². The second-order valence-corrected chi connectivity index (χ2v) is 5.40. The van der Waals surface area contributed by atoms with E-state index in [-0.39, 0.29) is 25.1 Å². The first-order valence-electron chi connectivity index (χ1n) is 5.92. The highest BCUT2D eigenvalue weighted by Gasteiger charge is 2.29. The van der Waals surface area contributed by atoms with Crippen LogP contribution >= 0.6 is 15.9 Å². The fraction of sp³-hybridized carbons (Fsp3) is 0.538. The Balaban J connectivity index is 2.93. The van der Waals surface area contributed by atoms with Crippen molar-refractivity contribution in [3.05, 3.63) is 34.1 Å². The molecule has 3 N–H and O–H groups in total. The average molecular weight is 320 g/mol. The molecular formula is C13H19BrFNO2. The number of aliphatic hydroxyl groups excluding tert-OH is 2. The second-order valence-electron chi connectivity index (χ2n) is 4.48. The maximum atomic E-state index is 13.7. The molecule has 102 valence electrons. The van der Waals surface area contributed by atoms with Gasteiger partial charge in [0.15, 0.2) is 0 Å². The first-order chi connectivity index (χ1) is 8.48. The number of benzene rings is 1. The molecule has 0 aliphatic carbocycles. The Morgan fingerprint density at radius 3 is 2.50 bits per heavy atom. The maximum Gasteiger partial charge on any atom is 0.128 e. The van der Waals surface area contributed by atoms with E-state index in [2.05, 4.69) is 21.2 Å². The lowest BCUT2D eigenvalue weighted by Gasteiger charge is -2.33. The normalized spacial score (nSPS) is 13.7. The van der Waals surface area contributed by atoms with Crippen LogP contribution in [0.3, 0.4) is 0 Å². The van der Waals surface area contributed by atoms with E-state index in [9.17, 15) is 14.6 Å². The molecule has 0 amide bonds. The van der Waals surface area contributed by atoms with E-state index in [1.54, 1.807) is 19.1 Å². The van der Waals surface area contributed by atoms with Crippen LogP contribution in [0.5, 0.6) is 0 Å². The Morgan fingerprint density at radius 2 is 2.00 bits per heavy atom. The maximum absolute atomic E-state index is 13.7. The highest BCUT2D eigenvalue weighted by Crippen LogP contribution is 2.24. The summed E-state index contributed by atoms with van der Waals surface area (Å²) in [6, 6.07) is 4.42. The van der Waals surface area contributed by atoms with Crippen molar-refractivity contribution in [3.63, 3.8) is 0 Å². The summed E-state index contributed by atoms with van der Waals surface area (Å²) in [5.74, 6) is -0.306. The Bertz CT molecular complexity index is 388. The van der Waals surface area contributed by atoms with Crippen LogP contribution in [0.1, 0.15) is 31.9 Å². The highest BCUT2D eigenvalue weighted by molar-refractivity contribution is 9.10. The molecule has 0 aliphatic rings. The van der Waals surface area contributed by atoms with Gasteiger partial charge in [-0.15, -0.1) is 0 Å². The topological polar surface area (TPSA) is 52.5 Å². The fourth-order valence-electron chi connectivity index (χ4n) is 1.85. The minimum absolute atomic E-state index is 0.194. The fourth-order valence-corrected chi connectivity index (χ4v) is 2.23. The summed E-state index contributed by atoms with van der Waals surface area (Å²) in [6.07, 6.45) is 0.556. The molecule has 1 atom stereocenters.